The Kier molecular flexibility index (Phi) is 5.38. The van der Waals surface area contributed by atoms with E-state index in [9.17, 15) is 9.59 Å². The van der Waals surface area contributed by atoms with Gasteiger partial charge in [-0.05, 0) is 6.92 Å². The molecule has 1 aliphatic heterocycles. The minimum absolute atomic E-state index is 0.0152. The summed E-state index contributed by atoms with van der Waals surface area (Å²) >= 11 is 1.60. The Hall–Kier alpha value is -1.83. The Bertz CT molecular complexity index is 472. The van der Waals surface area contributed by atoms with Gasteiger partial charge in [0.1, 0.15) is 0 Å². The summed E-state index contributed by atoms with van der Waals surface area (Å²) in [6.45, 7) is 5.46. The van der Waals surface area contributed by atoms with Crippen molar-refractivity contribution in [2.45, 2.75) is 13.3 Å². The SMILES string of the molecule is CCN(CCC(=O)O)C(=O)N1CCN(c2nccs2)CC1. The first kappa shape index (κ1) is 15.6. The lowest BCUT2D eigenvalue weighted by Crippen LogP contribution is -2.53. The molecular weight excluding hydrogens is 292 g/mol. The van der Waals surface area contributed by atoms with Crippen molar-refractivity contribution in [2.24, 2.45) is 0 Å². The standard InChI is InChI=1S/C13H20N4O3S/c1-2-15(5-3-11(18)19)13(20)17-8-6-16(7-9-17)12-14-4-10-21-12/h4,10H,2-3,5-9H2,1H3,(H,18,19). The summed E-state index contributed by atoms with van der Waals surface area (Å²) in [5.41, 5.74) is 0. The first-order chi connectivity index (χ1) is 10.1. The molecule has 0 radical (unpaired) electrons. The molecule has 7 nitrogen and oxygen atoms in total. The van der Waals surface area contributed by atoms with Gasteiger partial charge in [-0.15, -0.1) is 11.3 Å². The van der Waals surface area contributed by atoms with Crippen molar-refractivity contribution in [3.05, 3.63) is 11.6 Å². The van der Waals surface area contributed by atoms with Crippen LogP contribution < -0.4 is 4.90 Å². The second-order valence-electron chi connectivity index (χ2n) is 4.79. The second-order valence-corrected chi connectivity index (χ2v) is 5.67. The van der Waals surface area contributed by atoms with E-state index in [1.54, 1.807) is 27.3 Å². The van der Waals surface area contributed by atoms with Gasteiger partial charge in [-0.25, -0.2) is 9.78 Å². The highest BCUT2D eigenvalue weighted by molar-refractivity contribution is 7.13. The largest absolute Gasteiger partial charge is 0.481 e. The summed E-state index contributed by atoms with van der Waals surface area (Å²) in [7, 11) is 0. The molecule has 8 heteroatoms. The molecule has 2 amide bonds. The first-order valence-corrected chi connectivity index (χ1v) is 7.90. The summed E-state index contributed by atoms with van der Waals surface area (Å²) < 4.78 is 0. The molecule has 1 aromatic rings. The predicted molar refractivity (Wildman–Crippen MR) is 80.8 cm³/mol. The number of aromatic nitrogens is 1. The molecule has 1 aliphatic rings. The average Bonchev–Trinajstić information content (AvgIpc) is 3.02. The fourth-order valence-corrected chi connectivity index (χ4v) is 2.98. The number of urea groups is 1. The van der Waals surface area contributed by atoms with E-state index in [1.165, 1.54) is 0 Å². The highest BCUT2D eigenvalue weighted by Crippen LogP contribution is 2.19. The summed E-state index contributed by atoms with van der Waals surface area (Å²) in [6, 6.07) is -0.0717. The highest BCUT2D eigenvalue weighted by Gasteiger charge is 2.25. The quantitative estimate of drug-likeness (QED) is 0.883. The van der Waals surface area contributed by atoms with Crippen molar-refractivity contribution in [3.8, 4) is 0 Å². The molecule has 0 saturated carbocycles. The number of piperazine rings is 1. The van der Waals surface area contributed by atoms with Gasteiger partial charge >= 0.3 is 12.0 Å². The van der Waals surface area contributed by atoms with Crippen LogP contribution in [0.5, 0.6) is 0 Å². The molecule has 2 rings (SSSR count). The number of amides is 2. The molecule has 21 heavy (non-hydrogen) atoms. The Balaban J connectivity index is 1.85. The number of rotatable bonds is 5. The molecule has 1 saturated heterocycles. The third-order valence-electron chi connectivity index (χ3n) is 3.49. The topological polar surface area (TPSA) is 77.0 Å². The smallest absolute Gasteiger partial charge is 0.320 e. The number of nitrogens with zero attached hydrogens (tertiary/aromatic N) is 4. The van der Waals surface area contributed by atoms with Gasteiger partial charge in [-0.3, -0.25) is 4.79 Å². The third kappa shape index (κ3) is 4.07. The molecule has 116 valence electrons. The zero-order chi connectivity index (χ0) is 15.2. The lowest BCUT2D eigenvalue weighted by atomic mass is 10.3. The Morgan fingerprint density at radius 2 is 2.10 bits per heavy atom. The second kappa shape index (κ2) is 7.26. The molecule has 0 unspecified atom stereocenters. The van der Waals surface area contributed by atoms with Crippen LogP contribution in [0.15, 0.2) is 11.6 Å². The van der Waals surface area contributed by atoms with Crippen LogP contribution in [0, 0.1) is 0 Å². The van der Waals surface area contributed by atoms with Crippen LogP contribution in [0.25, 0.3) is 0 Å². The molecule has 0 bridgehead atoms. The number of carbonyl (C=O) groups is 2. The summed E-state index contributed by atoms with van der Waals surface area (Å²) in [6.07, 6.45) is 1.76. The highest BCUT2D eigenvalue weighted by atomic mass is 32.1. The molecule has 2 heterocycles. The summed E-state index contributed by atoms with van der Waals surface area (Å²) in [5, 5.41) is 11.7. The Morgan fingerprint density at radius 3 is 2.62 bits per heavy atom. The lowest BCUT2D eigenvalue weighted by Gasteiger charge is -2.37. The van der Waals surface area contributed by atoms with Gasteiger partial charge in [0.2, 0.25) is 0 Å². The van der Waals surface area contributed by atoms with Crippen molar-refractivity contribution in [1.29, 1.82) is 0 Å². The van der Waals surface area contributed by atoms with Crippen LogP contribution in [-0.4, -0.2) is 71.2 Å². The molecular formula is C13H20N4O3S. The van der Waals surface area contributed by atoms with Crippen molar-refractivity contribution in [1.82, 2.24) is 14.8 Å². The number of carboxylic acid groups (broad SMARTS) is 1. The van der Waals surface area contributed by atoms with Crippen LogP contribution in [-0.2, 0) is 4.79 Å². The number of thiazole rings is 1. The van der Waals surface area contributed by atoms with Crippen LogP contribution in [0.4, 0.5) is 9.93 Å². The molecule has 1 N–H and O–H groups in total. The minimum atomic E-state index is -0.880. The lowest BCUT2D eigenvalue weighted by molar-refractivity contribution is -0.137. The van der Waals surface area contributed by atoms with Gasteiger partial charge in [0.05, 0.1) is 6.42 Å². The number of carbonyl (C=O) groups excluding carboxylic acids is 1. The molecule has 0 aliphatic carbocycles. The van der Waals surface area contributed by atoms with Crippen LogP contribution in [0.2, 0.25) is 0 Å². The van der Waals surface area contributed by atoms with Crippen molar-refractivity contribution in [2.75, 3.05) is 44.2 Å². The average molecular weight is 312 g/mol. The van der Waals surface area contributed by atoms with E-state index >= 15 is 0 Å². The fraction of sp³-hybridized carbons (Fsp3) is 0.615. The van der Waals surface area contributed by atoms with Crippen molar-refractivity contribution >= 4 is 28.5 Å². The van der Waals surface area contributed by atoms with E-state index in [4.69, 9.17) is 5.11 Å². The van der Waals surface area contributed by atoms with E-state index in [0.717, 1.165) is 18.2 Å². The van der Waals surface area contributed by atoms with Gasteiger partial charge in [0.15, 0.2) is 5.13 Å². The molecule has 1 fully saturated rings. The number of aliphatic carboxylic acids is 1. The molecule has 0 aromatic carbocycles. The number of anilines is 1. The van der Waals surface area contributed by atoms with E-state index in [1.807, 2.05) is 12.3 Å². The van der Waals surface area contributed by atoms with Crippen molar-refractivity contribution < 1.29 is 14.7 Å². The van der Waals surface area contributed by atoms with Crippen molar-refractivity contribution in [3.63, 3.8) is 0 Å². The predicted octanol–water partition coefficient (Wildman–Crippen LogP) is 1.18. The van der Waals surface area contributed by atoms with Gasteiger partial charge in [-0.2, -0.15) is 0 Å². The monoisotopic (exact) mass is 312 g/mol. The van der Waals surface area contributed by atoms with E-state index in [0.29, 0.717) is 19.6 Å². The van der Waals surface area contributed by atoms with Crippen LogP contribution >= 0.6 is 11.3 Å². The normalized spacial score (nSPS) is 15.1. The first-order valence-electron chi connectivity index (χ1n) is 7.02. The molecule has 0 atom stereocenters. The van der Waals surface area contributed by atoms with Gasteiger partial charge in [0.25, 0.3) is 0 Å². The van der Waals surface area contributed by atoms with Crippen LogP contribution in [0.3, 0.4) is 0 Å². The number of hydrogen-bond donors (Lipinski definition) is 1. The summed E-state index contributed by atoms with van der Waals surface area (Å²) in [4.78, 5) is 32.8. The van der Waals surface area contributed by atoms with E-state index < -0.39 is 5.97 Å². The fourth-order valence-electron chi connectivity index (χ4n) is 2.28. The van der Waals surface area contributed by atoms with Gasteiger partial charge in [-0.1, -0.05) is 0 Å². The minimum Gasteiger partial charge on any atom is -0.481 e. The number of carboxylic acids is 1. The maximum atomic E-state index is 12.4. The zero-order valence-electron chi connectivity index (χ0n) is 12.1. The third-order valence-corrected chi connectivity index (χ3v) is 4.32. The Labute approximate surface area is 127 Å². The summed E-state index contributed by atoms with van der Waals surface area (Å²) in [5.74, 6) is -0.880. The van der Waals surface area contributed by atoms with Crippen LogP contribution in [0.1, 0.15) is 13.3 Å². The molecule has 1 aromatic heterocycles. The van der Waals surface area contributed by atoms with E-state index in [2.05, 4.69) is 9.88 Å². The zero-order valence-corrected chi connectivity index (χ0v) is 12.9. The number of hydrogen-bond acceptors (Lipinski definition) is 5. The van der Waals surface area contributed by atoms with Gasteiger partial charge < -0.3 is 19.8 Å². The van der Waals surface area contributed by atoms with Gasteiger partial charge in [0, 0.05) is 50.8 Å². The van der Waals surface area contributed by atoms with E-state index in [-0.39, 0.29) is 19.0 Å². The maximum absolute atomic E-state index is 12.4. The molecule has 0 spiro atoms. The maximum Gasteiger partial charge on any atom is 0.320 e. The Morgan fingerprint density at radius 1 is 1.38 bits per heavy atom.